The molecule has 0 saturated heterocycles. The van der Waals surface area contributed by atoms with E-state index in [1.54, 1.807) is 11.9 Å². The average molecular weight is 301 g/mol. The number of carboxylic acids is 1. The Morgan fingerprint density at radius 3 is 2.24 bits per heavy atom. The van der Waals surface area contributed by atoms with Crippen LogP contribution >= 0.6 is 0 Å². The Labute approximate surface area is 128 Å². The van der Waals surface area contributed by atoms with Gasteiger partial charge in [-0.2, -0.15) is 0 Å². The zero-order valence-electron chi connectivity index (χ0n) is 14.1. The first-order valence-electron chi connectivity index (χ1n) is 7.57. The number of carbonyl (C=O) groups excluding carboxylic acids is 1. The quantitative estimate of drug-likeness (QED) is 0.644. The summed E-state index contributed by atoms with van der Waals surface area (Å²) in [7, 11) is 5.77. The smallest absolute Gasteiger partial charge is 0.317 e. The lowest BCUT2D eigenvalue weighted by molar-refractivity contribution is -0.138. The van der Waals surface area contributed by atoms with Gasteiger partial charge in [0.2, 0.25) is 0 Å². The highest BCUT2D eigenvalue weighted by atomic mass is 16.4. The molecule has 21 heavy (non-hydrogen) atoms. The van der Waals surface area contributed by atoms with E-state index in [1.807, 2.05) is 14.1 Å². The molecule has 0 aliphatic carbocycles. The van der Waals surface area contributed by atoms with Crippen LogP contribution < -0.4 is 5.32 Å². The number of amides is 2. The summed E-state index contributed by atoms with van der Waals surface area (Å²) in [6.45, 7) is 6.17. The van der Waals surface area contributed by atoms with Crippen LogP contribution in [0.4, 0.5) is 4.79 Å². The number of nitrogens with one attached hydrogen (secondary N) is 1. The summed E-state index contributed by atoms with van der Waals surface area (Å²) in [6.07, 6.45) is 1.82. The predicted octanol–water partition coefficient (Wildman–Crippen LogP) is 1.72. The first-order chi connectivity index (χ1) is 9.72. The first-order valence-corrected chi connectivity index (χ1v) is 7.57. The van der Waals surface area contributed by atoms with Crippen molar-refractivity contribution < 1.29 is 14.7 Å². The van der Waals surface area contributed by atoms with Crippen LogP contribution in [0.15, 0.2) is 0 Å². The van der Waals surface area contributed by atoms with Gasteiger partial charge in [-0.3, -0.25) is 4.79 Å². The Morgan fingerprint density at radius 1 is 1.14 bits per heavy atom. The van der Waals surface area contributed by atoms with E-state index < -0.39 is 5.97 Å². The van der Waals surface area contributed by atoms with Gasteiger partial charge >= 0.3 is 12.0 Å². The molecule has 0 radical (unpaired) electrons. The van der Waals surface area contributed by atoms with E-state index in [4.69, 9.17) is 5.11 Å². The molecular weight excluding hydrogens is 270 g/mol. The van der Waals surface area contributed by atoms with Crippen LogP contribution in [0.3, 0.4) is 0 Å². The zero-order chi connectivity index (χ0) is 16.4. The van der Waals surface area contributed by atoms with Crippen LogP contribution in [-0.2, 0) is 4.79 Å². The van der Waals surface area contributed by atoms with Gasteiger partial charge in [0, 0.05) is 26.6 Å². The van der Waals surface area contributed by atoms with Gasteiger partial charge in [-0.25, -0.2) is 4.79 Å². The third kappa shape index (κ3) is 11.1. The lowest BCUT2D eigenvalue weighted by Gasteiger charge is -2.22. The van der Waals surface area contributed by atoms with Gasteiger partial charge in [-0.1, -0.05) is 13.8 Å². The van der Waals surface area contributed by atoms with E-state index in [-0.39, 0.29) is 18.4 Å². The van der Waals surface area contributed by atoms with Crippen LogP contribution in [0.2, 0.25) is 0 Å². The van der Waals surface area contributed by atoms with Crippen molar-refractivity contribution in [2.75, 3.05) is 40.8 Å². The minimum atomic E-state index is -0.811. The van der Waals surface area contributed by atoms with E-state index in [9.17, 15) is 9.59 Å². The third-order valence-electron chi connectivity index (χ3n) is 3.26. The summed E-state index contributed by atoms with van der Waals surface area (Å²) >= 11 is 0. The second kappa shape index (κ2) is 10.4. The molecule has 0 saturated carbocycles. The Kier molecular flexibility index (Phi) is 9.78. The molecule has 0 aliphatic rings. The molecule has 6 heteroatoms. The molecule has 124 valence electrons. The molecule has 0 aromatic rings. The Morgan fingerprint density at radius 2 is 1.76 bits per heavy atom. The van der Waals surface area contributed by atoms with Gasteiger partial charge in [-0.05, 0) is 45.3 Å². The molecule has 0 aliphatic heterocycles. The summed E-state index contributed by atoms with van der Waals surface area (Å²) in [5.41, 5.74) is 0. The Hall–Kier alpha value is -1.30. The molecule has 1 unspecified atom stereocenters. The number of urea groups is 1. The van der Waals surface area contributed by atoms with E-state index in [0.717, 1.165) is 19.4 Å². The molecule has 6 nitrogen and oxygen atoms in total. The molecule has 1 atom stereocenters. The second-order valence-corrected chi connectivity index (χ2v) is 6.36. The van der Waals surface area contributed by atoms with Gasteiger partial charge in [0.15, 0.2) is 0 Å². The fourth-order valence-electron chi connectivity index (χ4n) is 2.24. The molecule has 0 aromatic heterocycles. The number of carboxylic acid groups (broad SMARTS) is 1. The summed E-state index contributed by atoms with van der Waals surface area (Å²) in [5.74, 6) is -0.403. The molecule has 0 rings (SSSR count). The lowest BCUT2D eigenvalue weighted by Crippen LogP contribution is -2.41. The van der Waals surface area contributed by atoms with Crippen LogP contribution in [0.1, 0.15) is 33.1 Å². The Bertz CT molecular complexity index is 319. The lowest BCUT2D eigenvalue weighted by atomic mass is 9.94. The van der Waals surface area contributed by atoms with E-state index >= 15 is 0 Å². The predicted molar refractivity (Wildman–Crippen MR) is 84.4 cm³/mol. The molecular formula is C15H31N3O3. The van der Waals surface area contributed by atoms with Gasteiger partial charge in [0.25, 0.3) is 0 Å². The number of hydrogen-bond acceptors (Lipinski definition) is 3. The summed E-state index contributed by atoms with van der Waals surface area (Å²) < 4.78 is 0. The summed E-state index contributed by atoms with van der Waals surface area (Å²) in [4.78, 5) is 26.5. The second-order valence-electron chi connectivity index (χ2n) is 6.36. The average Bonchev–Trinajstić information content (AvgIpc) is 2.33. The Balaban J connectivity index is 4.12. The van der Waals surface area contributed by atoms with E-state index in [0.29, 0.717) is 19.0 Å². The normalized spacial score (nSPS) is 12.5. The molecule has 0 spiro atoms. The van der Waals surface area contributed by atoms with Crippen molar-refractivity contribution in [2.24, 2.45) is 11.8 Å². The van der Waals surface area contributed by atoms with Crippen molar-refractivity contribution in [3.8, 4) is 0 Å². The van der Waals surface area contributed by atoms with Crippen molar-refractivity contribution in [3.05, 3.63) is 0 Å². The molecule has 0 bridgehead atoms. The molecule has 0 aromatic carbocycles. The van der Waals surface area contributed by atoms with Crippen molar-refractivity contribution >= 4 is 12.0 Å². The van der Waals surface area contributed by atoms with Gasteiger partial charge < -0.3 is 20.2 Å². The highest BCUT2D eigenvalue weighted by molar-refractivity contribution is 5.74. The van der Waals surface area contributed by atoms with Crippen LogP contribution in [0.25, 0.3) is 0 Å². The van der Waals surface area contributed by atoms with Gasteiger partial charge in [0.05, 0.1) is 0 Å². The summed E-state index contributed by atoms with van der Waals surface area (Å²) in [5, 5.41) is 11.8. The van der Waals surface area contributed by atoms with E-state index in [2.05, 4.69) is 24.1 Å². The minimum absolute atomic E-state index is 0.0124. The highest BCUT2D eigenvalue weighted by Gasteiger charge is 2.17. The molecule has 0 fully saturated rings. The molecule has 2 N–H and O–H groups in total. The number of rotatable bonds is 10. The van der Waals surface area contributed by atoms with Crippen LogP contribution in [-0.4, -0.2) is 67.7 Å². The number of carbonyl (C=O) groups is 2. The fourth-order valence-corrected chi connectivity index (χ4v) is 2.24. The fraction of sp³-hybridized carbons (Fsp3) is 0.867. The van der Waals surface area contributed by atoms with Crippen molar-refractivity contribution in [1.29, 1.82) is 0 Å². The maximum atomic E-state index is 11.9. The van der Waals surface area contributed by atoms with E-state index in [1.165, 1.54) is 0 Å². The maximum absolute atomic E-state index is 11.9. The van der Waals surface area contributed by atoms with Crippen LogP contribution in [0.5, 0.6) is 0 Å². The topological polar surface area (TPSA) is 72.9 Å². The number of nitrogens with zero attached hydrogens (tertiary/aromatic N) is 2. The van der Waals surface area contributed by atoms with Crippen molar-refractivity contribution in [3.63, 3.8) is 0 Å². The summed E-state index contributed by atoms with van der Waals surface area (Å²) in [6, 6.07) is -0.132. The third-order valence-corrected chi connectivity index (χ3v) is 3.26. The molecule has 0 heterocycles. The number of aliphatic carboxylic acids is 1. The maximum Gasteiger partial charge on any atom is 0.317 e. The largest absolute Gasteiger partial charge is 0.481 e. The number of hydrogen-bond donors (Lipinski definition) is 2. The van der Waals surface area contributed by atoms with Gasteiger partial charge in [-0.15, -0.1) is 0 Å². The minimum Gasteiger partial charge on any atom is -0.481 e. The monoisotopic (exact) mass is 301 g/mol. The molecule has 2 amide bonds. The SMILES string of the molecule is CC(C)CC(CNC(=O)N(C)CCCN(C)C)CC(=O)O. The standard InChI is InChI=1S/C15H31N3O3/c1-12(2)9-13(10-14(19)20)11-16-15(21)18(5)8-6-7-17(3)4/h12-13H,6-11H2,1-5H3,(H,16,21)(H,19,20). The van der Waals surface area contributed by atoms with Crippen molar-refractivity contribution in [2.45, 2.75) is 33.1 Å². The zero-order valence-corrected chi connectivity index (χ0v) is 14.1. The van der Waals surface area contributed by atoms with Gasteiger partial charge in [0.1, 0.15) is 0 Å². The van der Waals surface area contributed by atoms with Crippen molar-refractivity contribution in [1.82, 2.24) is 15.1 Å². The first kappa shape index (κ1) is 19.7. The van der Waals surface area contributed by atoms with Crippen LogP contribution in [0, 0.1) is 11.8 Å². The highest BCUT2D eigenvalue weighted by Crippen LogP contribution is 2.14.